The third-order valence-corrected chi connectivity index (χ3v) is 2.52. The first kappa shape index (κ1) is 15.4. The van der Waals surface area contributed by atoms with Crippen LogP contribution >= 0.6 is 0 Å². The summed E-state index contributed by atoms with van der Waals surface area (Å²) < 4.78 is 0. The third kappa shape index (κ3) is 3.65. The van der Waals surface area contributed by atoms with Crippen molar-refractivity contribution in [1.29, 1.82) is 5.26 Å². The van der Waals surface area contributed by atoms with Crippen LogP contribution in [0.25, 0.3) is 0 Å². The van der Waals surface area contributed by atoms with Gasteiger partial charge in [0.15, 0.2) is 0 Å². The number of nitrogens with zero attached hydrogens (tertiary/aromatic N) is 3. The van der Waals surface area contributed by atoms with Crippen LogP contribution in [0.3, 0.4) is 0 Å². The SMILES string of the molecule is CCCNC(=O)C(C)Nc1nccc(C#N)c1[N+](=O)[O-]. The second-order valence-corrected chi connectivity index (χ2v) is 4.08. The molecule has 1 heterocycles. The molecule has 1 aromatic rings. The predicted molar refractivity (Wildman–Crippen MR) is 72.0 cm³/mol. The number of rotatable bonds is 6. The first-order chi connectivity index (χ1) is 9.51. The number of aromatic nitrogens is 1. The van der Waals surface area contributed by atoms with Crippen LogP contribution in [0.2, 0.25) is 0 Å². The molecule has 0 aliphatic heterocycles. The number of nitrogens with one attached hydrogen (secondary N) is 2. The summed E-state index contributed by atoms with van der Waals surface area (Å²) in [5.41, 5.74) is -0.529. The normalized spacial score (nSPS) is 11.2. The lowest BCUT2D eigenvalue weighted by Crippen LogP contribution is -2.38. The van der Waals surface area contributed by atoms with Gasteiger partial charge in [0.2, 0.25) is 11.7 Å². The molecular weight excluding hydrogens is 262 g/mol. The van der Waals surface area contributed by atoms with Gasteiger partial charge in [-0.25, -0.2) is 4.98 Å². The summed E-state index contributed by atoms with van der Waals surface area (Å²) in [6, 6.07) is 2.29. The van der Waals surface area contributed by atoms with Crippen molar-refractivity contribution in [2.24, 2.45) is 0 Å². The average Bonchev–Trinajstić information content (AvgIpc) is 2.43. The van der Waals surface area contributed by atoms with Crippen LogP contribution in [0.1, 0.15) is 25.8 Å². The Morgan fingerprint density at radius 2 is 2.35 bits per heavy atom. The van der Waals surface area contributed by atoms with E-state index in [1.165, 1.54) is 12.3 Å². The monoisotopic (exact) mass is 277 g/mol. The summed E-state index contributed by atoms with van der Waals surface area (Å²) >= 11 is 0. The van der Waals surface area contributed by atoms with E-state index in [-0.39, 0.29) is 17.3 Å². The number of hydrogen-bond acceptors (Lipinski definition) is 6. The Bertz CT molecular complexity index is 553. The Morgan fingerprint density at radius 3 is 2.90 bits per heavy atom. The number of carbonyl (C=O) groups excluding carboxylic acids is 1. The lowest BCUT2D eigenvalue weighted by molar-refractivity contribution is -0.384. The lowest BCUT2D eigenvalue weighted by atomic mass is 10.2. The van der Waals surface area contributed by atoms with Crippen LogP contribution in [0.5, 0.6) is 0 Å². The van der Waals surface area contributed by atoms with Gasteiger partial charge in [0, 0.05) is 12.7 Å². The van der Waals surface area contributed by atoms with Gasteiger partial charge in [-0.05, 0) is 19.4 Å². The van der Waals surface area contributed by atoms with Gasteiger partial charge in [-0.2, -0.15) is 5.26 Å². The van der Waals surface area contributed by atoms with Crippen LogP contribution < -0.4 is 10.6 Å². The van der Waals surface area contributed by atoms with Crippen LogP contribution in [0.4, 0.5) is 11.5 Å². The molecule has 1 atom stereocenters. The van der Waals surface area contributed by atoms with Gasteiger partial charge >= 0.3 is 5.69 Å². The fourth-order valence-electron chi connectivity index (χ4n) is 1.51. The average molecular weight is 277 g/mol. The largest absolute Gasteiger partial charge is 0.354 e. The number of carbonyl (C=O) groups is 1. The Balaban J connectivity index is 2.95. The van der Waals surface area contributed by atoms with Gasteiger partial charge in [-0.15, -0.1) is 0 Å². The minimum absolute atomic E-state index is 0.0896. The molecule has 8 heteroatoms. The molecule has 1 unspecified atom stereocenters. The third-order valence-electron chi connectivity index (χ3n) is 2.52. The molecule has 0 fully saturated rings. The number of nitro groups is 1. The topological polar surface area (TPSA) is 121 Å². The van der Waals surface area contributed by atoms with Crippen molar-refractivity contribution in [2.75, 3.05) is 11.9 Å². The number of amides is 1. The zero-order valence-electron chi connectivity index (χ0n) is 11.2. The fourth-order valence-corrected chi connectivity index (χ4v) is 1.51. The molecule has 0 radical (unpaired) electrons. The van der Waals surface area contributed by atoms with E-state index < -0.39 is 16.7 Å². The molecule has 1 aromatic heterocycles. The van der Waals surface area contributed by atoms with Crippen molar-refractivity contribution in [1.82, 2.24) is 10.3 Å². The minimum atomic E-state index is -0.693. The van der Waals surface area contributed by atoms with E-state index in [9.17, 15) is 14.9 Å². The molecule has 1 rings (SSSR count). The van der Waals surface area contributed by atoms with E-state index in [0.717, 1.165) is 6.42 Å². The molecule has 8 nitrogen and oxygen atoms in total. The molecule has 0 saturated heterocycles. The molecule has 0 bridgehead atoms. The smallest absolute Gasteiger partial charge is 0.328 e. The van der Waals surface area contributed by atoms with Crippen molar-refractivity contribution in [3.05, 3.63) is 27.9 Å². The molecule has 0 aromatic carbocycles. The van der Waals surface area contributed by atoms with Gasteiger partial charge in [0.05, 0.1) is 4.92 Å². The van der Waals surface area contributed by atoms with Crippen LogP contribution in [-0.4, -0.2) is 28.4 Å². The second kappa shape index (κ2) is 7.04. The van der Waals surface area contributed by atoms with Crippen molar-refractivity contribution >= 4 is 17.4 Å². The molecular formula is C12H15N5O3. The quantitative estimate of drug-likeness (QED) is 0.595. The Labute approximate surface area is 116 Å². The number of pyridine rings is 1. The number of hydrogen-bond donors (Lipinski definition) is 2. The van der Waals surface area contributed by atoms with Crippen molar-refractivity contribution in [2.45, 2.75) is 26.3 Å². The van der Waals surface area contributed by atoms with Crippen molar-refractivity contribution < 1.29 is 9.72 Å². The second-order valence-electron chi connectivity index (χ2n) is 4.08. The van der Waals surface area contributed by atoms with E-state index in [0.29, 0.717) is 6.54 Å². The van der Waals surface area contributed by atoms with E-state index in [1.54, 1.807) is 13.0 Å². The maximum Gasteiger partial charge on any atom is 0.328 e. The molecule has 20 heavy (non-hydrogen) atoms. The Hall–Kier alpha value is -2.69. The van der Waals surface area contributed by atoms with Crippen molar-refractivity contribution in [3.63, 3.8) is 0 Å². The number of nitriles is 1. The molecule has 2 N–H and O–H groups in total. The highest BCUT2D eigenvalue weighted by Gasteiger charge is 2.24. The molecule has 0 aliphatic carbocycles. The van der Waals surface area contributed by atoms with Gasteiger partial charge in [-0.1, -0.05) is 6.92 Å². The van der Waals surface area contributed by atoms with Gasteiger partial charge in [-0.3, -0.25) is 14.9 Å². The lowest BCUT2D eigenvalue weighted by Gasteiger charge is -2.14. The summed E-state index contributed by atoms with van der Waals surface area (Å²) in [5.74, 6) is -0.376. The Kier molecular flexibility index (Phi) is 5.41. The van der Waals surface area contributed by atoms with Crippen LogP contribution in [0.15, 0.2) is 12.3 Å². The van der Waals surface area contributed by atoms with Crippen molar-refractivity contribution in [3.8, 4) is 6.07 Å². The van der Waals surface area contributed by atoms with E-state index in [4.69, 9.17) is 5.26 Å². The Morgan fingerprint density at radius 1 is 1.65 bits per heavy atom. The highest BCUT2D eigenvalue weighted by atomic mass is 16.6. The highest BCUT2D eigenvalue weighted by Crippen LogP contribution is 2.26. The van der Waals surface area contributed by atoms with Gasteiger partial charge in [0.25, 0.3) is 0 Å². The summed E-state index contributed by atoms with van der Waals surface area (Å²) in [4.78, 5) is 25.8. The summed E-state index contributed by atoms with van der Waals surface area (Å²) in [5, 5.41) is 25.2. The molecule has 106 valence electrons. The minimum Gasteiger partial charge on any atom is -0.354 e. The summed E-state index contributed by atoms with van der Waals surface area (Å²) in [6.07, 6.45) is 2.07. The van der Waals surface area contributed by atoms with Crippen LogP contribution in [-0.2, 0) is 4.79 Å². The zero-order valence-corrected chi connectivity index (χ0v) is 11.2. The molecule has 0 spiro atoms. The standard InChI is InChI=1S/C12H15N5O3/c1-3-5-15-12(18)8(2)16-11-10(17(19)20)9(7-13)4-6-14-11/h4,6,8H,3,5H2,1-2H3,(H,14,16)(H,15,18). The maximum atomic E-state index is 11.7. The predicted octanol–water partition coefficient (Wildman–Crippen LogP) is 1.19. The van der Waals surface area contributed by atoms with Gasteiger partial charge in [0.1, 0.15) is 17.7 Å². The first-order valence-electron chi connectivity index (χ1n) is 6.09. The number of anilines is 1. The summed E-state index contributed by atoms with van der Waals surface area (Å²) in [6.45, 7) is 4.01. The van der Waals surface area contributed by atoms with E-state index in [1.807, 2.05) is 6.92 Å². The van der Waals surface area contributed by atoms with Gasteiger partial charge < -0.3 is 10.6 Å². The zero-order chi connectivity index (χ0) is 15.1. The maximum absolute atomic E-state index is 11.7. The van der Waals surface area contributed by atoms with E-state index >= 15 is 0 Å². The van der Waals surface area contributed by atoms with E-state index in [2.05, 4.69) is 15.6 Å². The fraction of sp³-hybridized carbons (Fsp3) is 0.417. The first-order valence-corrected chi connectivity index (χ1v) is 6.09. The molecule has 0 aliphatic rings. The highest BCUT2D eigenvalue weighted by molar-refractivity contribution is 5.84. The van der Waals surface area contributed by atoms with Crippen LogP contribution in [0, 0.1) is 21.4 Å². The summed E-state index contributed by atoms with van der Waals surface area (Å²) in [7, 11) is 0. The molecule has 1 amide bonds. The molecule has 0 saturated carbocycles.